The Balaban J connectivity index is 1.57. The Kier molecular flexibility index (Phi) is 5.80. The predicted molar refractivity (Wildman–Crippen MR) is 114 cm³/mol. The zero-order valence-electron chi connectivity index (χ0n) is 16.8. The van der Waals surface area contributed by atoms with Gasteiger partial charge in [0.05, 0.1) is 32.1 Å². The lowest BCUT2D eigenvalue weighted by atomic mass is 10.2. The average Bonchev–Trinajstić information content (AvgIpc) is 2.81. The Labute approximate surface area is 177 Å². The second-order valence-corrected chi connectivity index (χ2v) is 6.81. The maximum atomic E-state index is 12.9. The number of aromatic nitrogens is 2. The van der Waals surface area contributed by atoms with Crippen LogP contribution in [0.5, 0.6) is 5.75 Å². The third-order valence-corrected chi connectivity index (χ3v) is 4.84. The van der Waals surface area contributed by atoms with Gasteiger partial charge in [-0.05, 0) is 24.3 Å². The van der Waals surface area contributed by atoms with Gasteiger partial charge in [-0.3, -0.25) is 14.0 Å². The van der Waals surface area contributed by atoms with E-state index in [2.05, 4.69) is 15.6 Å². The SMILES string of the molecule is COc1cccc(NC(=O)Nc2cnc3c(C(=O)N4CCOCC4)cccn3c2=O)c1. The van der Waals surface area contributed by atoms with Crippen LogP contribution in [0.15, 0.2) is 53.6 Å². The van der Waals surface area contributed by atoms with E-state index in [-0.39, 0.29) is 17.2 Å². The summed E-state index contributed by atoms with van der Waals surface area (Å²) in [6.45, 7) is 1.91. The van der Waals surface area contributed by atoms with Crippen LogP contribution in [0, 0.1) is 0 Å². The number of hydrogen-bond donors (Lipinski definition) is 2. The third kappa shape index (κ3) is 4.33. The van der Waals surface area contributed by atoms with Gasteiger partial charge >= 0.3 is 6.03 Å². The number of ether oxygens (including phenoxy) is 2. The van der Waals surface area contributed by atoms with Crippen LogP contribution >= 0.6 is 0 Å². The number of nitrogens with one attached hydrogen (secondary N) is 2. The lowest BCUT2D eigenvalue weighted by molar-refractivity contribution is 0.0303. The number of urea groups is 1. The molecule has 0 atom stereocenters. The van der Waals surface area contributed by atoms with Crippen molar-refractivity contribution in [1.29, 1.82) is 0 Å². The highest BCUT2D eigenvalue weighted by Gasteiger charge is 2.22. The highest BCUT2D eigenvalue weighted by Crippen LogP contribution is 2.17. The monoisotopic (exact) mass is 423 g/mol. The fourth-order valence-electron chi connectivity index (χ4n) is 3.28. The van der Waals surface area contributed by atoms with Crippen molar-refractivity contribution >= 4 is 29.0 Å². The van der Waals surface area contributed by atoms with Crippen molar-refractivity contribution in [3.05, 3.63) is 64.7 Å². The lowest BCUT2D eigenvalue weighted by Gasteiger charge is -2.27. The summed E-state index contributed by atoms with van der Waals surface area (Å²) in [5, 5.41) is 5.14. The van der Waals surface area contributed by atoms with Crippen molar-refractivity contribution < 1.29 is 19.1 Å². The number of nitrogens with zero attached hydrogens (tertiary/aromatic N) is 3. The molecule has 0 bridgehead atoms. The number of amides is 3. The molecule has 160 valence electrons. The molecule has 3 heterocycles. The zero-order valence-corrected chi connectivity index (χ0v) is 16.8. The number of carbonyl (C=O) groups is 2. The van der Waals surface area contributed by atoms with Crippen molar-refractivity contribution in [3.63, 3.8) is 0 Å². The number of carbonyl (C=O) groups excluding carboxylic acids is 2. The Morgan fingerprint density at radius 3 is 2.71 bits per heavy atom. The molecule has 1 aliphatic heterocycles. The van der Waals surface area contributed by atoms with Crippen LogP contribution in [0.25, 0.3) is 5.65 Å². The number of fused-ring (bicyclic) bond motifs is 1. The number of benzene rings is 1. The van der Waals surface area contributed by atoms with E-state index in [4.69, 9.17) is 9.47 Å². The standard InChI is InChI=1S/C21H21N5O5/c1-30-15-5-2-4-14(12-15)23-21(29)24-17-13-22-18-16(6-3-7-26(18)20(17)28)19(27)25-8-10-31-11-9-25/h2-7,12-13H,8-11H2,1H3,(H2,23,24,29). The summed E-state index contributed by atoms with van der Waals surface area (Å²) in [4.78, 5) is 44.0. The first kappa shape index (κ1) is 20.4. The van der Waals surface area contributed by atoms with Crippen LogP contribution < -0.4 is 20.9 Å². The normalized spacial score (nSPS) is 13.6. The molecule has 2 aromatic heterocycles. The lowest BCUT2D eigenvalue weighted by Crippen LogP contribution is -2.41. The molecule has 0 spiro atoms. The van der Waals surface area contributed by atoms with Gasteiger partial charge in [-0.25, -0.2) is 9.78 Å². The molecule has 1 aromatic carbocycles. The summed E-state index contributed by atoms with van der Waals surface area (Å²) < 4.78 is 11.7. The number of hydrogen-bond acceptors (Lipinski definition) is 6. The molecule has 10 nitrogen and oxygen atoms in total. The first-order valence-corrected chi connectivity index (χ1v) is 9.66. The van der Waals surface area contributed by atoms with Gasteiger partial charge in [0.25, 0.3) is 11.5 Å². The number of pyridine rings is 1. The van der Waals surface area contributed by atoms with E-state index >= 15 is 0 Å². The van der Waals surface area contributed by atoms with Gasteiger partial charge in [0, 0.05) is 31.0 Å². The third-order valence-electron chi connectivity index (χ3n) is 4.84. The van der Waals surface area contributed by atoms with Crippen molar-refractivity contribution in [3.8, 4) is 5.75 Å². The smallest absolute Gasteiger partial charge is 0.323 e. The first-order valence-electron chi connectivity index (χ1n) is 9.66. The van der Waals surface area contributed by atoms with Crippen molar-refractivity contribution in [2.24, 2.45) is 0 Å². The molecule has 2 N–H and O–H groups in total. The van der Waals surface area contributed by atoms with Crippen LogP contribution in [0.2, 0.25) is 0 Å². The van der Waals surface area contributed by atoms with Crippen LogP contribution in [0.3, 0.4) is 0 Å². The second kappa shape index (κ2) is 8.84. The molecular weight excluding hydrogens is 402 g/mol. The van der Waals surface area contributed by atoms with Crippen molar-refractivity contribution in [2.45, 2.75) is 0 Å². The van der Waals surface area contributed by atoms with Crippen LogP contribution in [-0.4, -0.2) is 59.6 Å². The number of anilines is 2. The number of methoxy groups -OCH3 is 1. The number of morpholine rings is 1. The largest absolute Gasteiger partial charge is 0.497 e. The Morgan fingerprint density at radius 2 is 1.94 bits per heavy atom. The Morgan fingerprint density at radius 1 is 1.13 bits per heavy atom. The molecule has 10 heteroatoms. The predicted octanol–water partition coefficient (Wildman–Crippen LogP) is 1.82. The van der Waals surface area contributed by atoms with E-state index in [0.717, 1.165) is 0 Å². The van der Waals surface area contributed by atoms with E-state index in [1.165, 1.54) is 23.9 Å². The molecule has 31 heavy (non-hydrogen) atoms. The Bertz CT molecular complexity index is 1190. The fourth-order valence-corrected chi connectivity index (χ4v) is 3.28. The maximum absolute atomic E-state index is 12.9. The van der Waals surface area contributed by atoms with Gasteiger partial charge < -0.3 is 25.0 Å². The summed E-state index contributed by atoms with van der Waals surface area (Å²) in [6.07, 6.45) is 2.75. The number of rotatable bonds is 4. The molecule has 4 rings (SSSR count). The minimum absolute atomic E-state index is 0.0196. The van der Waals surface area contributed by atoms with Crippen molar-refractivity contribution in [2.75, 3.05) is 44.0 Å². The average molecular weight is 423 g/mol. The summed E-state index contributed by atoms with van der Waals surface area (Å²) in [7, 11) is 1.53. The van der Waals surface area contributed by atoms with Crippen LogP contribution in [0.4, 0.5) is 16.2 Å². The fraction of sp³-hybridized carbons (Fsp3) is 0.238. The molecular formula is C21H21N5O5. The van der Waals surface area contributed by atoms with E-state index < -0.39 is 11.6 Å². The highest BCUT2D eigenvalue weighted by atomic mass is 16.5. The van der Waals surface area contributed by atoms with Gasteiger partial charge in [-0.2, -0.15) is 0 Å². The zero-order chi connectivity index (χ0) is 21.8. The van der Waals surface area contributed by atoms with Gasteiger partial charge in [-0.1, -0.05) is 6.07 Å². The molecule has 0 radical (unpaired) electrons. The molecule has 1 aliphatic rings. The quantitative estimate of drug-likeness (QED) is 0.662. The van der Waals surface area contributed by atoms with Gasteiger partial charge in [0.15, 0.2) is 5.65 Å². The molecule has 0 aliphatic carbocycles. The molecule has 3 amide bonds. The molecule has 0 saturated carbocycles. The van der Waals surface area contributed by atoms with Crippen LogP contribution in [-0.2, 0) is 4.74 Å². The summed E-state index contributed by atoms with van der Waals surface area (Å²) in [5.41, 5.74) is 0.525. The van der Waals surface area contributed by atoms with Crippen LogP contribution in [0.1, 0.15) is 10.4 Å². The summed E-state index contributed by atoms with van der Waals surface area (Å²) in [6, 6.07) is 9.44. The minimum Gasteiger partial charge on any atom is -0.497 e. The van der Waals surface area contributed by atoms with E-state index in [0.29, 0.717) is 43.3 Å². The molecule has 3 aromatic rings. The Hall–Kier alpha value is -3.92. The topological polar surface area (TPSA) is 114 Å². The molecule has 1 saturated heterocycles. The first-order chi connectivity index (χ1) is 15.1. The van der Waals surface area contributed by atoms with Gasteiger partial charge in [-0.15, -0.1) is 0 Å². The highest BCUT2D eigenvalue weighted by molar-refractivity contribution is 6.01. The maximum Gasteiger partial charge on any atom is 0.323 e. The molecule has 1 fully saturated rings. The van der Waals surface area contributed by atoms with Gasteiger partial charge in [0.2, 0.25) is 0 Å². The second-order valence-electron chi connectivity index (χ2n) is 6.81. The van der Waals surface area contributed by atoms with E-state index in [9.17, 15) is 14.4 Å². The van der Waals surface area contributed by atoms with Gasteiger partial charge in [0.1, 0.15) is 11.4 Å². The van der Waals surface area contributed by atoms with E-state index in [1.807, 2.05) is 0 Å². The minimum atomic E-state index is -0.604. The van der Waals surface area contributed by atoms with Crippen molar-refractivity contribution in [1.82, 2.24) is 14.3 Å². The van der Waals surface area contributed by atoms with E-state index in [1.54, 1.807) is 41.3 Å². The summed E-state index contributed by atoms with van der Waals surface area (Å²) in [5.74, 6) is 0.368. The molecule has 0 unspecified atom stereocenters. The summed E-state index contributed by atoms with van der Waals surface area (Å²) >= 11 is 0.